The summed E-state index contributed by atoms with van der Waals surface area (Å²) in [5, 5.41) is 15.5. The first-order chi connectivity index (χ1) is 17.4. The van der Waals surface area contributed by atoms with Crippen LogP contribution in [0, 0.1) is 24.2 Å². The molecule has 0 aliphatic rings. The summed E-state index contributed by atoms with van der Waals surface area (Å²) in [6, 6.07) is 13.8. The second-order valence-electron chi connectivity index (χ2n) is 9.87. The average Bonchev–Trinajstić information content (AvgIpc) is 2.83. The quantitative estimate of drug-likeness (QED) is 0.412. The smallest absolute Gasteiger partial charge is 0.408 e. The molecule has 0 saturated heterocycles. The van der Waals surface area contributed by atoms with Crippen molar-refractivity contribution in [3.63, 3.8) is 0 Å². The highest BCUT2D eigenvalue weighted by molar-refractivity contribution is 6.34. The molecular formula is C28H35ClN4O4. The molecule has 37 heavy (non-hydrogen) atoms. The van der Waals surface area contributed by atoms with E-state index < -0.39 is 35.6 Å². The minimum absolute atomic E-state index is 0.300. The minimum Gasteiger partial charge on any atom is -0.444 e. The molecule has 0 aliphatic carbocycles. The van der Waals surface area contributed by atoms with Crippen molar-refractivity contribution in [2.45, 2.75) is 65.6 Å². The summed E-state index contributed by atoms with van der Waals surface area (Å²) in [4.78, 5) is 41.5. The normalized spacial score (nSPS) is 13.5. The van der Waals surface area contributed by atoms with Crippen molar-refractivity contribution < 1.29 is 19.1 Å². The Bertz CT molecular complexity index is 1120. The molecular weight excluding hydrogens is 492 g/mol. The zero-order valence-electron chi connectivity index (χ0n) is 22.2. The Morgan fingerprint density at radius 2 is 1.76 bits per heavy atom. The van der Waals surface area contributed by atoms with Crippen LogP contribution in [0.15, 0.2) is 48.5 Å². The maximum absolute atomic E-state index is 13.9. The minimum atomic E-state index is -1.16. The number of carbonyl (C=O) groups is 3. The lowest BCUT2D eigenvalue weighted by molar-refractivity contribution is -0.141. The number of alkyl carbamates (subject to hydrolysis) is 1. The number of carbonyl (C=O) groups excluding carboxylic acids is 3. The van der Waals surface area contributed by atoms with Crippen molar-refractivity contribution in [2.24, 2.45) is 5.92 Å². The van der Waals surface area contributed by atoms with Crippen LogP contribution >= 0.6 is 11.6 Å². The van der Waals surface area contributed by atoms with Crippen LogP contribution < -0.4 is 10.6 Å². The molecule has 2 aromatic carbocycles. The summed E-state index contributed by atoms with van der Waals surface area (Å²) in [5.41, 5.74) is 0.909. The van der Waals surface area contributed by atoms with Crippen LogP contribution in [0.5, 0.6) is 0 Å². The van der Waals surface area contributed by atoms with Crippen molar-refractivity contribution in [1.82, 2.24) is 10.2 Å². The van der Waals surface area contributed by atoms with Crippen LogP contribution in [-0.4, -0.2) is 41.0 Å². The third kappa shape index (κ3) is 8.22. The van der Waals surface area contributed by atoms with Crippen molar-refractivity contribution >= 4 is 35.2 Å². The van der Waals surface area contributed by atoms with Gasteiger partial charge in [-0.3, -0.25) is 9.59 Å². The molecule has 0 aromatic heterocycles. The topological polar surface area (TPSA) is 112 Å². The van der Waals surface area contributed by atoms with Crippen LogP contribution in [0.1, 0.15) is 58.2 Å². The molecule has 9 heteroatoms. The molecule has 0 spiro atoms. The van der Waals surface area contributed by atoms with E-state index in [2.05, 4.69) is 10.6 Å². The number of halogens is 1. The molecule has 8 nitrogen and oxygen atoms in total. The van der Waals surface area contributed by atoms with Gasteiger partial charge in [-0.25, -0.2) is 4.79 Å². The van der Waals surface area contributed by atoms with Gasteiger partial charge in [0.05, 0.1) is 16.8 Å². The van der Waals surface area contributed by atoms with Gasteiger partial charge < -0.3 is 20.3 Å². The van der Waals surface area contributed by atoms with Gasteiger partial charge in [-0.15, -0.1) is 0 Å². The Kier molecular flexibility index (Phi) is 10.5. The van der Waals surface area contributed by atoms with Gasteiger partial charge in [0.2, 0.25) is 5.91 Å². The molecule has 198 valence electrons. The number of para-hydroxylation sites is 1. The molecule has 3 amide bonds. The second kappa shape index (κ2) is 13.1. The molecule has 3 atom stereocenters. The van der Waals surface area contributed by atoms with E-state index in [4.69, 9.17) is 16.3 Å². The van der Waals surface area contributed by atoms with E-state index in [0.717, 1.165) is 5.56 Å². The first-order valence-corrected chi connectivity index (χ1v) is 12.5. The van der Waals surface area contributed by atoms with Gasteiger partial charge in [0, 0.05) is 0 Å². The van der Waals surface area contributed by atoms with Gasteiger partial charge in [0.1, 0.15) is 24.2 Å². The number of benzene rings is 2. The SMILES string of the molecule is CCC(C)C(NC(=O)OC(C)(C)C)C(=O)N(CC#N)C(C(=O)Nc1c(C)cccc1Cl)c1ccccc1. The van der Waals surface area contributed by atoms with Crippen LogP contribution in [0.4, 0.5) is 10.5 Å². The Morgan fingerprint density at radius 3 is 2.30 bits per heavy atom. The van der Waals surface area contributed by atoms with Crippen LogP contribution in [0.2, 0.25) is 5.02 Å². The van der Waals surface area contributed by atoms with Crippen molar-refractivity contribution in [1.29, 1.82) is 5.26 Å². The Hall–Kier alpha value is -3.57. The van der Waals surface area contributed by atoms with Gasteiger partial charge in [-0.05, 0) is 50.8 Å². The molecule has 0 fully saturated rings. The third-order valence-electron chi connectivity index (χ3n) is 5.82. The molecule has 2 N–H and O–H groups in total. The van der Waals surface area contributed by atoms with Crippen molar-refractivity contribution in [2.75, 3.05) is 11.9 Å². The summed E-state index contributed by atoms with van der Waals surface area (Å²) in [5.74, 6) is -1.40. The zero-order valence-corrected chi connectivity index (χ0v) is 22.9. The standard InChI is InChI=1S/C28H35ClN4O4/c1-7-18(2)23(32-27(36)37-28(4,5)6)26(35)33(17-16-30)24(20-13-9-8-10-14-20)25(34)31-22-19(3)12-11-15-21(22)29/h8-15,18,23-24H,7,17H2,1-6H3,(H,31,34)(H,32,36). The number of ether oxygens (including phenoxy) is 1. The largest absolute Gasteiger partial charge is 0.444 e. The third-order valence-corrected chi connectivity index (χ3v) is 6.14. The first kappa shape index (κ1) is 29.7. The fraction of sp³-hybridized carbons (Fsp3) is 0.429. The average molecular weight is 527 g/mol. The van der Waals surface area contributed by atoms with Crippen molar-refractivity contribution in [3.05, 3.63) is 64.7 Å². The van der Waals surface area contributed by atoms with E-state index >= 15 is 0 Å². The highest BCUT2D eigenvalue weighted by Crippen LogP contribution is 2.29. The highest BCUT2D eigenvalue weighted by Gasteiger charge is 2.38. The van der Waals surface area contributed by atoms with E-state index in [1.807, 2.05) is 19.9 Å². The molecule has 2 rings (SSSR count). The van der Waals surface area contributed by atoms with E-state index in [1.165, 1.54) is 4.90 Å². The van der Waals surface area contributed by atoms with Crippen LogP contribution in [-0.2, 0) is 14.3 Å². The number of amides is 3. The number of hydrogen-bond donors (Lipinski definition) is 2. The Labute approximate surface area is 223 Å². The van der Waals surface area contributed by atoms with Gasteiger partial charge in [-0.2, -0.15) is 5.26 Å². The maximum atomic E-state index is 13.9. The lowest BCUT2D eigenvalue weighted by atomic mass is 9.95. The summed E-state index contributed by atoms with van der Waals surface area (Å²) < 4.78 is 5.37. The monoisotopic (exact) mass is 526 g/mol. The first-order valence-electron chi connectivity index (χ1n) is 12.2. The van der Waals surface area contributed by atoms with E-state index in [1.54, 1.807) is 76.2 Å². The number of nitrogens with zero attached hydrogens (tertiary/aromatic N) is 2. The molecule has 0 saturated carbocycles. The van der Waals surface area contributed by atoms with E-state index in [-0.39, 0.29) is 12.5 Å². The van der Waals surface area contributed by atoms with E-state index in [0.29, 0.717) is 22.7 Å². The number of nitriles is 1. The molecule has 0 aliphatic heterocycles. The lowest BCUT2D eigenvalue weighted by Gasteiger charge is -2.34. The Morgan fingerprint density at radius 1 is 1.11 bits per heavy atom. The summed E-state index contributed by atoms with van der Waals surface area (Å²) in [6.45, 7) is 10.3. The number of anilines is 1. The number of hydrogen-bond acceptors (Lipinski definition) is 5. The fourth-order valence-electron chi connectivity index (χ4n) is 3.76. The van der Waals surface area contributed by atoms with E-state index in [9.17, 15) is 19.6 Å². The Balaban J connectivity index is 2.52. The molecule has 0 bridgehead atoms. The summed E-state index contributed by atoms with van der Waals surface area (Å²) in [7, 11) is 0. The molecule has 2 aromatic rings. The maximum Gasteiger partial charge on any atom is 0.408 e. The lowest BCUT2D eigenvalue weighted by Crippen LogP contribution is -2.54. The molecule has 3 unspecified atom stereocenters. The zero-order chi connectivity index (χ0) is 27.8. The fourth-order valence-corrected chi connectivity index (χ4v) is 4.03. The number of aryl methyl sites for hydroxylation is 1. The van der Waals surface area contributed by atoms with Gasteiger partial charge in [0.25, 0.3) is 5.91 Å². The second-order valence-corrected chi connectivity index (χ2v) is 10.3. The molecule has 0 heterocycles. The van der Waals surface area contributed by atoms with Gasteiger partial charge >= 0.3 is 6.09 Å². The highest BCUT2D eigenvalue weighted by atomic mass is 35.5. The van der Waals surface area contributed by atoms with Crippen LogP contribution in [0.25, 0.3) is 0 Å². The summed E-state index contributed by atoms with van der Waals surface area (Å²) in [6.07, 6.45) is -0.191. The van der Waals surface area contributed by atoms with Crippen molar-refractivity contribution in [3.8, 4) is 6.07 Å². The molecule has 0 radical (unpaired) electrons. The number of nitrogens with one attached hydrogen (secondary N) is 2. The van der Waals surface area contributed by atoms with Crippen LogP contribution in [0.3, 0.4) is 0 Å². The van der Waals surface area contributed by atoms with Gasteiger partial charge in [0.15, 0.2) is 0 Å². The predicted molar refractivity (Wildman–Crippen MR) is 144 cm³/mol. The van der Waals surface area contributed by atoms with Gasteiger partial charge in [-0.1, -0.05) is 74.3 Å². The predicted octanol–water partition coefficient (Wildman–Crippen LogP) is 5.62. The number of rotatable bonds is 9. The summed E-state index contributed by atoms with van der Waals surface area (Å²) >= 11 is 6.34.